The molecule has 0 aliphatic carbocycles. The number of benzene rings is 1. The van der Waals surface area contributed by atoms with Crippen LogP contribution in [-0.2, 0) is 6.54 Å². The Morgan fingerprint density at radius 1 is 1.50 bits per heavy atom. The highest BCUT2D eigenvalue weighted by atomic mass is 127. The number of halogens is 3. The normalized spacial score (nSPS) is 10.7. The Morgan fingerprint density at radius 3 is 2.81 bits per heavy atom. The minimum atomic E-state index is -0.350. The number of anilines is 1. The highest BCUT2D eigenvalue weighted by Crippen LogP contribution is 2.20. The van der Waals surface area contributed by atoms with Crippen molar-refractivity contribution in [2.45, 2.75) is 6.54 Å². The number of nitrogens with two attached hydrogens (primary N) is 1. The van der Waals surface area contributed by atoms with Gasteiger partial charge in [0, 0.05) is 5.02 Å². The number of nitrogens with zero attached hydrogens (tertiary/aromatic N) is 2. The first-order valence-electron chi connectivity index (χ1n) is 4.48. The molecule has 0 unspecified atom stereocenters. The summed E-state index contributed by atoms with van der Waals surface area (Å²) in [5.41, 5.74) is 6.59. The number of hydrogen-bond donors (Lipinski definition) is 1. The van der Waals surface area contributed by atoms with Gasteiger partial charge in [-0.3, -0.25) is 0 Å². The summed E-state index contributed by atoms with van der Waals surface area (Å²) in [5.74, 6) is 0.234. The molecule has 0 saturated carbocycles. The molecule has 0 fully saturated rings. The lowest BCUT2D eigenvalue weighted by atomic mass is 10.2. The Hall–Kier alpha value is -0.820. The topological polar surface area (TPSA) is 43.8 Å². The van der Waals surface area contributed by atoms with Crippen molar-refractivity contribution in [3.05, 3.63) is 44.4 Å². The molecule has 0 aliphatic rings. The molecule has 0 atom stereocenters. The first kappa shape index (κ1) is 11.7. The van der Waals surface area contributed by atoms with Crippen LogP contribution < -0.4 is 5.73 Å². The Labute approximate surface area is 111 Å². The average molecular weight is 352 g/mol. The predicted molar refractivity (Wildman–Crippen MR) is 69.9 cm³/mol. The van der Waals surface area contributed by atoms with Crippen molar-refractivity contribution in [3.63, 3.8) is 0 Å². The first-order valence-corrected chi connectivity index (χ1v) is 5.94. The van der Waals surface area contributed by atoms with Crippen LogP contribution in [0, 0.1) is 9.39 Å². The van der Waals surface area contributed by atoms with Gasteiger partial charge >= 0.3 is 0 Å². The molecule has 6 heteroatoms. The van der Waals surface area contributed by atoms with Gasteiger partial charge in [-0.05, 0) is 40.3 Å². The maximum absolute atomic E-state index is 12.8. The molecule has 0 radical (unpaired) electrons. The fourth-order valence-electron chi connectivity index (χ4n) is 1.31. The van der Waals surface area contributed by atoms with E-state index in [1.54, 1.807) is 16.9 Å². The van der Waals surface area contributed by atoms with Crippen LogP contribution in [0.2, 0.25) is 5.02 Å². The van der Waals surface area contributed by atoms with Crippen molar-refractivity contribution in [2.75, 3.05) is 5.73 Å². The first-order chi connectivity index (χ1) is 7.58. The molecule has 1 heterocycles. The number of hydrogen-bond acceptors (Lipinski definition) is 2. The number of rotatable bonds is 2. The summed E-state index contributed by atoms with van der Waals surface area (Å²) in [5, 5.41) is 4.49. The average Bonchev–Trinajstić information content (AvgIpc) is 2.54. The lowest BCUT2D eigenvalue weighted by molar-refractivity contribution is 0.625. The highest BCUT2D eigenvalue weighted by molar-refractivity contribution is 14.1. The SMILES string of the molecule is Nc1c(I)cnn1Cc1ccc(F)cc1Cl. The fourth-order valence-corrected chi connectivity index (χ4v) is 1.94. The van der Waals surface area contributed by atoms with Crippen LogP contribution in [0.3, 0.4) is 0 Å². The van der Waals surface area contributed by atoms with Crippen LogP contribution in [0.25, 0.3) is 0 Å². The van der Waals surface area contributed by atoms with Gasteiger partial charge in [0.15, 0.2) is 0 Å². The zero-order chi connectivity index (χ0) is 11.7. The number of nitrogen functional groups attached to an aromatic ring is 1. The quantitative estimate of drug-likeness (QED) is 0.846. The van der Waals surface area contributed by atoms with E-state index in [1.807, 2.05) is 0 Å². The molecule has 0 aliphatic heterocycles. The van der Waals surface area contributed by atoms with E-state index in [1.165, 1.54) is 12.1 Å². The van der Waals surface area contributed by atoms with Gasteiger partial charge in [-0.2, -0.15) is 5.10 Å². The molecular formula is C10H8ClFIN3. The summed E-state index contributed by atoms with van der Waals surface area (Å²) in [6, 6.07) is 4.28. The standard InChI is InChI=1S/C10H8ClFIN3/c11-8-3-7(12)2-1-6(8)5-16-10(14)9(13)4-15-16/h1-4H,5,14H2. The van der Waals surface area contributed by atoms with Crippen molar-refractivity contribution >= 4 is 40.0 Å². The molecule has 1 aromatic carbocycles. The van der Waals surface area contributed by atoms with E-state index in [4.69, 9.17) is 17.3 Å². The minimum Gasteiger partial charge on any atom is -0.383 e. The fraction of sp³-hybridized carbons (Fsp3) is 0.100. The van der Waals surface area contributed by atoms with Gasteiger partial charge in [-0.15, -0.1) is 0 Å². The second-order valence-corrected chi connectivity index (χ2v) is 4.84. The molecule has 0 saturated heterocycles. The van der Waals surface area contributed by atoms with Gasteiger partial charge < -0.3 is 5.73 Å². The molecule has 0 amide bonds. The maximum Gasteiger partial charge on any atom is 0.135 e. The molecule has 16 heavy (non-hydrogen) atoms. The summed E-state index contributed by atoms with van der Waals surface area (Å²) in [6.45, 7) is 0.438. The largest absolute Gasteiger partial charge is 0.383 e. The summed E-state index contributed by atoms with van der Waals surface area (Å²) >= 11 is 8.02. The van der Waals surface area contributed by atoms with E-state index < -0.39 is 0 Å². The van der Waals surface area contributed by atoms with E-state index in [-0.39, 0.29) is 5.82 Å². The van der Waals surface area contributed by atoms with E-state index in [9.17, 15) is 4.39 Å². The summed E-state index contributed by atoms with van der Waals surface area (Å²) in [7, 11) is 0. The zero-order valence-electron chi connectivity index (χ0n) is 8.12. The molecule has 0 bridgehead atoms. The summed E-state index contributed by atoms with van der Waals surface area (Å²) in [4.78, 5) is 0. The second kappa shape index (κ2) is 4.58. The lowest BCUT2D eigenvalue weighted by Gasteiger charge is -2.06. The van der Waals surface area contributed by atoms with Crippen molar-refractivity contribution in [1.82, 2.24) is 9.78 Å². The molecule has 2 N–H and O–H groups in total. The van der Waals surface area contributed by atoms with Crippen molar-refractivity contribution in [3.8, 4) is 0 Å². The van der Waals surface area contributed by atoms with Gasteiger partial charge in [-0.25, -0.2) is 9.07 Å². The van der Waals surface area contributed by atoms with E-state index in [0.29, 0.717) is 17.4 Å². The Balaban J connectivity index is 2.30. The predicted octanol–water partition coefficient (Wildman–Crippen LogP) is 2.91. The van der Waals surface area contributed by atoms with Crippen molar-refractivity contribution in [1.29, 1.82) is 0 Å². The van der Waals surface area contributed by atoms with E-state index in [2.05, 4.69) is 27.7 Å². The van der Waals surface area contributed by atoms with Crippen LogP contribution >= 0.6 is 34.2 Å². The molecule has 3 nitrogen and oxygen atoms in total. The van der Waals surface area contributed by atoms with Gasteiger partial charge in [0.2, 0.25) is 0 Å². The van der Waals surface area contributed by atoms with Gasteiger partial charge in [0.25, 0.3) is 0 Å². The van der Waals surface area contributed by atoms with Crippen LogP contribution in [0.4, 0.5) is 10.2 Å². The molecular weight excluding hydrogens is 343 g/mol. The van der Waals surface area contributed by atoms with Gasteiger partial charge in [-0.1, -0.05) is 17.7 Å². The third-order valence-electron chi connectivity index (χ3n) is 2.17. The zero-order valence-corrected chi connectivity index (χ0v) is 11.0. The summed E-state index contributed by atoms with van der Waals surface area (Å²) in [6.07, 6.45) is 1.67. The Kier molecular flexibility index (Phi) is 3.34. The Bertz CT molecular complexity index is 527. The summed E-state index contributed by atoms with van der Waals surface area (Å²) < 4.78 is 15.3. The molecule has 0 spiro atoms. The van der Waals surface area contributed by atoms with Crippen LogP contribution in [0.15, 0.2) is 24.4 Å². The van der Waals surface area contributed by atoms with Crippen LogP contribution in [0.5, 0.6) is 0 Å². The minimum absolute atomic E-state index is 0.350. The maximum atomic E-state index is 12.8. The monoisotopic (exact) mass is 351 g/mol. The lowest BCUT2D eigenvalue weighted by Crippen LogP contribution is -2.06. The molecule has 2 aromatic rings. The second-order valence-electron chi connectivity index (χ2n) is 3.27. The van der Waals surface area contributed by atoms with E-state index in [0.717, 1.165) is 9.13 Å². The van der Waals surface area contributed by atoms with Gasteiger partial charge in [0.1, 0.15) is 11.6 Å². The number of aromatic nitrogens is 2. The molecule has 2 rings (SSSR count). The van der Waals surface area contributed by atoms with Crippen LogP contribution in [0.1, 0.15) is 5.56 Å². The third kappa shape index (κ3) is 2.30. The smallest absolute Gasteiger partial charge is 0.135 e. The molecule has 84 valence electrons. The van der Waals surface area contributed by atoms with Crippen LogP contribution in [-0.4, -0.2) is 9.78 Å². The van der Waals surface area contributed by atoms with Gasteiger partial charge in [0.05, 0.1) is 16.3 Å². The third-order valence-corrected chi connectivity index (χ3v) is 3.35. The Morgan fingerprint density at radius 2 is 2.25 bits per heavy atom. The van der Waals surface area contributed by atoms with E-state index >= 15 is 0 Å². The molecule has 1 aromatic heterocycles. The van der Waals surface area contributed by atoms with Crippen molar-refractivity contribution < 1.29 is 4.39 Å². The highest BCUT2D eigenvalue weighted by Gasteiger charge is 2.07. The van der Waals surface area contributed by atoms with Crippen molar-refractivity contribution in [2.24, 2.45) is 0 Å².